The van der Waals surface area contributed by atoms with Gasteiger partial charge in [-0.25, -0.2) is 4.39 Å². The summed E-state index contributed by atoms with van der Waals surface area (Å²) < 4.78 is 19.0. The van der Waals surface area contributed by atoms with Crippen LogP contribution >= 0.6 is 0 Å². The fraction of sp³-hybridized carbons (Fsp3) is 0.588. The molecular formula is C17H24FNO2. The van der Waals surface area contributed by atoms with Gasteiger partial charge in [-0.2, -0.15) is 0 Å². The van der Waals surface area contributed by atoms with Crippen LogP contribution in [0.4, 0.5) is 4.39 Å². The first-order chi connectivity index (χ1) is 9.88. The summed E-state index contributed by atoms with van der Waals surface area (Å²) in [5, 5.41) is 0. The van der Waals surface area contributed by atoms with E-state index < -0.39 is 0 Å². The number of halogens is 1. The lowest BCUT2D eigenvalue weighted by Crippen LogP contribution is -2.44. The minimum absolute atomic E-state index is 0.205. The normalized spacial score (nSPS) is 16.9. The summed E-state index contributed by atoms with van der Waals surface area (Å²) in [5.74, 6) is 0.577. The highest BCUT2D eigenvalue weighted by molar-refractivity contribution is 5.81. The van der Waals surface area contributed by atoms with Crippen LogP contribution in [0.1, 0.15) is 33.6 Å². The van der Waals surface area contributed by atoms with Gasteiger partial charge in [0.15, 0.2) is 11.6 Å². The molecule has 1 aliphatic rings. The van der Waals surface area contributed by atoms with E-state index in [1.165, 1.54) is 6.07 Å². The van der Waals surface area contributed by atoms with E-state index in [1.807, 2.05) is 25.7 Å². The summed E-state index contributed by atoms with van der Waals surface area (Å²) in [4.78, 5) is 14.1. The van der Waals surface area contributed by atoms with E-state index in [4.69, 9.17) is 4.74 Å². The molecule has 116 valence electrons. The first kappa shape index (κ1) is 15.8. The molecule has 21 heavy (non-hydrogen) atoms. The van der Waals surface area contributed by atoms with Crippen molar-refractivity contribution in [3.63, 3.8) is 0 Å². The zero-order valence-corrected chi connectivity index (χ0v) is 13.1. The van der Waals surface area contributed by atoms with E-state index in [1.54, 1.807) is 18.2 Å². The standard InChI is InChI=1S/C17H24FNO2/c1-17(2,3)16(20)19-10-8-13(9-11-19)12-21-15-7-5-4-6-14(15)18/h4-7,13H,8-12H2,1-3H3. The van der Waals surface area contributed by atoms with Gasteiger partial charge < -0.3 is 9.64 Å². The van der Waals surface area contributed by atoms with Crippen molar-refractivity contribution in [2.45, 2.75) is 33.6 Å². The molecule has 1 aliphatic heterocycles. The molecule has 1 saturated heterocycles. The number of carbonyl (C=O) groups excluding carboxylic acids is 1. The maximum Gasteiger partial charge on any atom is 0.227 e. The summed E-state index contributed by atoms with van der Waals surface area (Å²) in [6, 6.07) is 6.47. The second-order valence-electron chi connectivity index (χ2n) is 6.73. The van der Waals surface area contributed by atoms with E-state index in [2.05, 4.69) is 0 Å². The molecule has 1 heterocycles. The Morgan fingerprint density at radius 3 is 2.48 bits per heavy atom. The highest BCUT2D eigenvalue weighted by atomic mass is 19.1. The lowest BCUT2D eigenvalue weighted by molar-refractivity contribution is -0.141. The predicted octanol–water partition coefficient (Wildman–Crippen LogP) is 3.49. The number of rotatable bonds is 3. The van der Waals surface area contributed by atoms with Crippen LogP contribution in [0.5, 0.6) is 5.75 Å². The SMILES string of the molecule is CC(C)(C)C(=O)N1CCC(COc2ccccc2F)CC1. The number of ether oxygens (including phenoxy) is 1. The number of hydrogen-bond acceptors (Lipinski definition) is 2. The van der Waals surface area contributed by atoms with Crippen LogP contribution in [0.25, 0.3) is 0 Å². The molecule has 1 fully saturated rings. The Balaban J connectivity index is 1.80. The monoisotopic (exact) mass is 293 g/mol. The third-order valence-corrected chi connectivity index (χ3v) is 3.85. The Kier molecular flexibility index (Phi) is 4.86. The van der Waals surface area contributed by atoms with Gasteiger partial charge in [0.2, 0.25) is 5.91 Å². The van der Waals surface area contributed by atoms with Crippen molar-refractivity contribution >= 4 is 5.91 Å². The molecule has 4 heteroatoms. The zero-order chi connectivity index (χ0) is 15.5. The van der Waals surface area contributed by atoms with Crippen LogP contribution in [0.2, 0.25) is 0 Å². The third-order valence-electron chi connectivity index (χ3n) is 3.85. The van der Waals surface area contributed by atoms with E-state index in [0.29, 0.717) is 18.3 Å². The molecule has 1 aromatic carbocycles. The molecule has 0 radical (unpaired) electrons. The van der Waals surface area contributed by atoms with Crippen LogP contribution in [0.15, 0.2) is 24.3 Å². The number of benzene rings is 1. The molecule has 0 saturated carbocycles. The average molecular weight is 293 g/mol. The van der Waals surface area contributed by atoms with E-state index in [-0.39, 0.29) is 17.1 Å². The van der Waals surface area contributed by atoms with Crippen molar-refractivity contribution in [1.29, 1.82) is 0 Å². The molecule has 2 rings (SSSR count). The van der Waals surface area contributed by atoms with Crippen molar-refractivity contribution in [2.24, 2.45) is 11.3 Å². The van der Waals surface area contributed by atoms with Crippen molar-refractivity contribution in [3.8, 4) is 5.75 Å². The first-order valence-corrected chi connectivity index (χ1v) is 7.54. The van der Waals surface area contributed by atoms with Gasteiger partial charge in [-0.15, -0.1) is 0 Å². The Labute approximate surface area is 126 Å². The van der Waals surface area contributed by atoms with Gasteiger partial charge in [0.05, 0.1) is 6.61 Å². The largest absolute Gasteiger partial charge is 0.490 e. The second kappa shape index (κ2) is 6.46. The van der Waals surface area contributed by atoms with E-state index in [0.717, 1.165) is 25.9 Å². The number of nitrogens with zero attached hydrogens (tertiary/aromatic N) is 1. The van der Waals surface area contributed by atoms with Gasteiger partial charge in [-0.3, -0.25) is 4.79 Å². The Morgan fingerprint density at radius 1 is 1.29 bits per heavy atom. The summed E-state index contributed by atoms with van der Waals surface area (Å²) in [6.07, 6.45) is 1.83. The Bertz CT molecular complexity index is 488. The number of hydrogen-bond donors (Lipinski definition) is 0. The van der Waals surface area contributed by atoms with Crippen LogP contribution in [0.3, 0.4) is 0 Å². The minimum Gasteiger partial charge on any atom is -0.490 e. The highest BCUT2D eigenvalue weighted by Gasteiger charge is 2.30. The van der Waals surface area contributed by atoms with Crippen molar-refractivity contribution in [3.05, 3.63) is 30.1 Å². The van der Waals surface area contributed by atoms with Crippen LogP contribution in [-0.4, -0.2) is 30.5 Å². The molecule has 3 nitrogen and oxygen atoms in total. The molecule has 0 aliphatic carbocycles. The molecule has 0 N–H and O–H groups in total. The maximum atomic E-state index is 13.5. The second-order valence-corrected chi connectivity index (χ2v) is 6.73. The Morgan fingerprint density at radius 2 is 1.90 bits per heavy atom. The summed E-state index contributed by atoms with van der Waals surface area (Å²) in [7, 11) is 0. The van der Waals surface area contributed by atoms with Gasteiger partial charge in [-0.1, -0.05) is 32.9 Å². The molecule has 0 atom stereocenters. The first-order valence-electron chi connectivity index (χ1n) is 7.54. The molecule has 0 spiro atoms. The van der Waals surface area contributed by atoms with E-state index >= 15 is 0 Å². The molecular weight excluding hydrogens is 269 g/mol. The lowest BCUT2D eigenvalue weighted by Gasteiger charge is -2.35. The smallest absolute Gasteiger partial charge is 0.227 e. The maximum absolute atomic E-state index is 13.5. The summed E-state index contributed by atoms with van der Waals surface area (Å²) >= 11 is 0. The predicted molar refractivity (Wildman–Crippen MR) is 80.7 cm³/mol. The number of piperidine rings is 1. The average Bonchev–Trinajstić information content (AvgIpc) is 2.45. The zero-order valence-electron chi connectivity index (χ0n) is 13.1. The van der Waals surface area contributed by atoms with Crippen LogP contribution < -0.4 is 4.74 Å². The topological polar surface area (TPSA) is 29.5 Å². The van der Waals surface area contributed by atoms with Crippen molar-refractivity contribution in [2.75, 3.05) is 19.7 Å². The number of para-hydroxylation sites is 1. The lowest BCUT2D eigenvalue weighted by atomic mass is 9.91. The number of amides is 1. The van der Waals surface area contributed by atoms with Crippen molar-refractivity contribution < 1.29 is 13.9 Å². The summed E-state index contributed by atoms with van der Waals surface area (Å²) in [6.45, 7) is 7.88. The highest BCUT2D eigenvalue weighted by Crippen LogP contribution is 2.24. The van der Waals surface area contributed by atoms with Gasteiger partial charge >= 0.3 is 0 Å². The Hall–Kier alpha value is -1.58. The van der Waals surface area contributed by atoms with Gasteiger partial charge in [-0.05, 0) is 30.9 Å². The fourth-order valence-corrected chi connectivity index (χ4v) is 2.55. The third kappa shape index (κ3) is 4.19. The van der Waals surface area contributed by atoms with Crippen molar-refractivity contribution in [1.82, 2.24) is 4.90 Å². The van der Waals surface area contributed by atoms with Crippen LogP contribution in [-0.2, 0) is 4.79 Å². The molecule has 0 aromatic heterocycles. The minimum atomic E-state index is -0.323. The summed E-state index contributed by atoms with van der Waals surface area (Å²) in [5.41, 5.74) is -0.323. The molecule has 1 amide bonds. The van der Waals surface area contributed by atoms with Crippen LogP contribution in [0, 0.1) is 17.2 Å². The van der Waals surface area contributed by atoms with Gasteiger partial charge in [0.1, 0.15) is 0 Å². The molecule has 0 bridgehead atoms. The molecule has 0 unspecified atom stereocenters. The fourth-order valence-electron chi connectivity index (χ4n) is 2.55. The number of carbonyl (C=O) groups is 1. The molecule has 1 aromatic rings. The quantitative estimate of drug-likeness (QED) is 0.854. The van der Waals surface area contributed by atoms with Gasteiger partial charge in [0, 0.05) is 18.5 Å². The number of likely N-dealkylation sites (tertiary alicyclic amines) is 1. The van der Waals surface area contributed by atoms with E-state index in [9.17, 15) is 9.18 Å². The van der Waals surface area contributed by atoms with Gasteiger partial charge in [0.25, 0.3) is 0 Å².